The zero-order valence-electron chi connectivity index (χ0n) is 14.6. The van der Waals surface area contributed by atoms with Gasteiger partial charge in [-0.15, -0.1) is 0 Å². The van der Waals surface area contributed by atoms with Crippen LogP contribution in [0.15, 0.2) is 18.2 Å². The minimum atomic E-state index is -3.77. The summed E-state index contributed by atoms with van der Waals surface area (Å²) in [6.07, 6.45) is 0.529. The molecular formula is C16H23F2N3O3S. The maximum atomic E-state index is 13.4. The van der Waals surface area contributed by atoms with Gasteiger partial charge in [0.15, 0.2) is 16.9 Å². The third kappa shape index (κ3) is 4.27. The van der Waals surface area contributed by atoms with Gasteiger partial charge >= 0.3 is 0 Å². The van der Waals surface area contributed by atoms with E-state index in [9.17, 15) is 22.0 Å². The number of benzene rings is 1. The second kappa shape index (κ2) is 7.65. The van der Waals surface area contributed by atoms with Crippen LogP contribution >= 0.6 is 0 Å². The molecule has 0 spiro atoms. The predicted octanol–water partition coefficient (Wildman–Crippen LogP) is 1.28. The first-order valence-electron chi connectivity index (χ1n) is 8.04. The molecule has 1 atom stereocenters. The first-order valence-corrected chi connectivity index (χ1v) is 9.55. The molecule has 1 amide bonds. The van der Waals surface area contributed by atoms with Crippen LogP contribution < -0.4 is 4.90 Å². The van der Waals surface area contributed by atoms with Crippen molar-refractivity contribution in [3.8, 4) is 0 Å². The van der Waals surface area contributed by atoms with Crippen molar-refractivity contribution in [3.63, 3.8) is 0 Å². The number of halogens is 2. The number of anilines is 1. The van der Waals surface area contributed by atoms with Gasteiger partial charge in [-0.05, 0) is 25.5 Å². The van der Waals surface area contributed by atoms with Crippen LogP contribution in [0.25, 0.3) is 0 Å². The van der Waals surface area contributed by atoms with E-state index in [-0.39, 0.29) is 13.1 Å². The second-order valence-electron chi connectivity index (χ2n) is 6.26. The Kier molecular flexibility index (Phi) is 5.99. The zero-order chi connectivity index (χ0) is 18.8. The molecule has 25 heavy (non-hydrogen) atoms. The Morgan fingerprint density at radius 1 is 1.12 bits per heavy atom. The Labute approximate surface area is 147 Å². The third-order valence-electron chi connectivity index (χ3n) is 4.32. The SMILES string of the molecule is CC(C(=O)N(C)C)S(=O)(=O)N1CCCN(c2ccc(F)c(F)c2)CC1. The third-order valence-corrected chi connectivity index (χ3v) is 6.50. The standard InChI is InChI=1S/C16H23F2N3O3S/c1-12(16(22)19(2)3)25(23,24)21-8-4-7-20(9-10-21)13-5-6-14(17)15(18)11-13/h5-6,11-12H,4,7-10H2,1-3H3. The van der Waals surface area contributed by atoms with Crippen molar-refractivity contribution in [2.75, 3.05) is 45.2 Å². The van der Waals surface area contributed by atoms with Crippen molar-refractivity contribution in [2.45, 2.75) is 18.6 Å². The minimum Gasteiger partial charge on any atom is -0.370 e. The molecule has 1 aromatic carbocycles. The number of sulfonamides is 1. The van der Waals surface area contributed by atoms with Crippen LogP contribution in [0.2, 0.25) is 0 Å². The Bertz CT molecular complexity index is 740. The van der Waals surface area contributed by atoms with E-state index in [0.29, 0.717) is 25.2 Å². The smallest absolute Gasteiger partial charge is 0.241 e. The molecule has 0 aromatic heterocycles. The van der Waals surface area contributed by atoms with Crippen molar-refractivity contribution in [3.05, 3.63) is 29.8 Å². The van der Waals surface area contributed by atoms with Crippen LogP contribution in [0.5, 0.6) is 0 Å². The van der Waals surface area contributed by atoms with E-state index in [4.69, 9.17) is 0 Å². The summed E-state index contributed by atoms with van der Waals surface area (Å²) in [5.41, 5.74) is 0.510. The monoisotopic (exact) mass is 375 g/mol. The molecule has 1 fully saturated rings. The molecule has 1 aliphatic rings. The van der Waals surface area contributed by atoms with E-state index in [1.165, 1.54) is 36.3 Å². The summed E-state index contributed by atoms with van der Waals surface area (Å²) in [4.78, 5) is 15.1. The molecule has 1 saturated heterocycles. The maximum absolute atomic E-state index is 13.4. The quantitative estimate of drug-likeness (QED) is 0.796. The fourth-order valence-electron chi connectivity index (χ4n) is 2.80. The van der Waals surface area contributed by atoms with Crippen LogP contribution in [-0.2, 0) is 14.8 Å². The molecular weight excluding hydrogens is 352 g/mol. The second-order valence-corrected chi connectivity index (χ2v) is 8.51. The topological polar surface area (TPSA) is 60.9 Å². The summed E-state index contributed by atoms with van der Waals surface area (Å²) in [5.74, 6) is -2.32. The molecule has 0 bridgehead atoms. The molecule has 0 N–H and O–H groups in total. The van der Waals surface area contributed by atoms with Crippen LogP contribution in [0.1, 0.15) is 13.3 Å². The van der Waals surface area contributed by atoms with Gasteiger partial charge in [0.25, 0.3) is 0 Å². The average Bonchev–Trinajstić information content (AvgIpc) is 2.82. The highest BCUT2D eigenvalue weighted by atomic mass is 32.2. The molecule has 140 valence electrons. The number of carbonyl (C=O) groups is 1. The van der Waals surface area contributed by atoms with Crippen molar-refractivity contribution in [1.82, 2.24) is 9.21 Å². The van der Waals surface area contributed by atoms with Crippen molar-refractivity contribution >= 4 is 21.6 Å². The highest BCUT2D eigenvalue weighted by molar-refractivity contribution is 7.90. The van der Waals surface area contributed by atoms with Gasteiger partial charge in [-0.3, -0.25) is 4.79 Å². The largest absolute Gasteiger partial charge is 0.370 e. The zero-order valence-corrected chi connectivity index (χ0v) is 15.4. The highest BCUT2D eigenvalue weighted by Gasteiger charge is 2.35. The highest BCUT2D eigenvalue weighted by Crippen LogP contribution is 2.21. The van der Waals surface area contributed by atoms with E-state index in [2.05, 4.69) is 0 Å². The number of hydrogen-bond acceptors (Lipinski definition) is 4. The van der Waals surface area contributed by atoms with Gasteiger partial charge in [0.05, 0.1) is 0 Å². The van der Waals surface area contributed by atoms with Crippen LogP contribution in [0, 0.1) is 11.6 Å². The minimum absolute atomic E-state index is 0.187. The molecule has 1 aromatic rings. The van der Waals surface area contributed by atoms with E-state index >= 15 is 0 Å². The van der Waals surface area contributed by atoms with E-state index in [1.807, 2.05) is 4.90 Å². The summed E-state index contributed by atoms with van der Waals surface area (Å²) in [7, 11) is -0.738. The molecule has 1 heterocycles. The summed E-state index contributed by atoms with van der Waals surface area (Å²) in [6.45, 7) is 2.72. The van der Waals surface area contributed by atoms with Gasteiger partial charge in [-0.2, -0.15) is 4.31 Å². The number of nitrogens with zero attached hydrogens (tertiary/aromatic N) is 3. The Hall–Kier alpha value is -1.74. The van der Waals surface area contributed by atoms with Crippen LogP contribution in [0.4, 0.5) is 14.5 Å². The molecule has 2 rings (SSSR count). The van der Waals surface area contributed by atoms with Gasteiger partial charge in [0.2, 0.25) is 15.9 Å². The summed E-state index contributed by atoms with van der Waals surface area (Å²) >= 11 is 0. The van der Waals surface area contributed by atoms with Gasteiger partial charge < -0.3 is 9.80 Å². The Morgan fingerprint density at radius 2 is 1.80 bits per heavy atom. The Balaban J connectivity index is 2.12. The van der Waals surface area contributed by atoms with Gasteiger partial charge in [0.1, 0.15) is 0 Å². The molecule has 6 nitrogen and oxygen atoms in total. The molecule has 1 unspecified atom stereocenters. The lowest BCUT2D eigenvalue weighted by molar-refractivity contribution is -0.128. The molecule has 0 saturated carbocycles. The first kappa shape index (κ1) is 19.6. The van der Waals surface area contributed by atoms with E-state index < -0.39 is 32.8 Å². The lowest BCUT2D eigenvalue weighted by Crippen LogP contribution is -2.46. The normalized spacial score (nSPS) is 17.9. The van der Waals surface area contributed by atoms with Gasteiger partial charge in [-0.1, -0.05) is 0 Å². The molecule has 1 aliphatic heterocycles. The van der Waals surface area contributed by atoms with Gasteiger partial charge in [0, 0.05) is 52.0 Å². The molecule has 9 heteroatoms. The van der Waals surface area contributed by atoms with E-state index in [0.717, 1.165) is 12.1 Å². The fraction of sp³-hybridized carbons (Fsp3) is 0.562. The predicted molar refractivity (Wildman–Crippen MR) is 91.8 cm³/mol. The first-order chi connectivity index (χ1) is 11.6. The average molecular weight is 375 g/mol. The maximum Gasteiger partial charge on any atom is 0.241 e. The lowest BCUT2D eigenvalue weighted by atomic mass is 10.2. The number of carbonyl (C=O) groups excluding carboxylic acids is 1. The lowest BCUT2D eigenvalue weighted by Gasteiger charge is -2.26. The van der Waals surface area contributed by atoms with Crippen LogP contribution in [0.3, 0.4) is 0 Å². The Morgan fingerprint density at radius 3 is 2.40 bits per heavy atom. The molecule has 0 aliphatic carbocycles. The molecule has 0 radical (unpaired) electrons. The van der Waals surface area contributed by atoms with E-state index in [1.54, 1.807) is 0 Å². The number of rotatable bonds is 4. The summed E-state index contributed by atoms with van der Waals surface area (Å²) < 4.78 is 53.2. The number of amides is 1. The summed E-state index contributed by atoms with van der Waals surface area (Å²) in [6, 6.07) is 3.64. The fourth-order valence-corrected chi connectivity index (χ4v) is 4.44. The van der Waals surface area contributed by atoms with Crippen molar-refractivity contribution in [1.29, 1.82) is 0 Å². The van der Waals surface area contributed by atoms with Gasteiger partial charge in [-0.25, -0.2) is 17.2 Å². The van der Waals surface area contributed by atoms with Crippen molar-refractivity contribution in [2.24, 2.45) is 0 Å². The van der Waals surface area contributed by atoms with Crippen molar-refractivity contribution < 1.29 is 22.0 Å². The summed E-state index contributed by atoms with van der Waals surface area (Å²) in [5, 5.41) is -1.16. The number of hydrogen-bond donors (Lipinski definition) is 0. The van der Waals surface area contributed by atoms with Crippen LogP contribution in [-0.4, -0.2) is 69.1 Å².